The maximum atomic E-state index is 12.7. The molecular weight excluding hydrogens is 344 g/mol. The Bertz CT molecular complexity index is 999. The van der Waals surface area contributed by atoms with Gasteiger partial charge in [0.15, 0.2) is 17.1 Å². The van der Waals surface area contributed by atoms with Gasteiger partial charge in [0, 0.05) is 23.5 Å². The number of anilines is 1. The van der Waals surface area contributed by atoms with Crippen molar-refractivity contribution in [2.24, 2.45) is 0 Å². The van der Waals surface area contributed by atoms with Crippen LogP contribution in [0.4, 0.5) is 5.69 Å². The van der Waals surface area contributed by atoms with Crippen LogP contribution in [0.25, 0.3) is 5.65 Å². The Morgan fingerprint density at radius 3 is 2.68 bits per heavy atom. The number of ether oxygens (including phenoxy) is 2. The van der Waals surface area contributed by atoms with Crippen LogP contribution in [0.1, 0.15) is 21.7 Å². The zero-order valence-electron chi connectivity index (χ0n) is 13.7. The minimum atomic E-state index is -0.342. The Balaban J connectivity index is 1.69. The van der Waals surface area contributed by atoms with E-state index >= 15 is 0 Å². The third-order valence-corrected chi connectivity index (χ3v) is 4.22. The standard InChI is InChI=1S/C17H15ClN4O3/c1-9-5-10(2)22-16(20-9)11(8-19-22)17(23)21-13-7-15-14(6-12(13)18)24-3-4-25-15/h5-8H,3-4H2,1-2H3,(H,21,23). The van der Waals surface area contributed by atoms with Crippen molar-refractivity contribution in [3.63, 3.8) is 0 Å². The van der Waals surface area contributed by atoms with E-state index in [0.29, 0.717) is 46.6 Å². The van der Waals surface area contributed by atoms with E-state index in [1.807, 2.05) is 19.9 Å². The molecule has 1 aromatic carbocycles. The highest BCUT2D eigenvalue weighted by Gasteiger charge is 2.19. The number of aromatic nitrogens is 3. The number of aryl methyl sites for hydroxylation is 2. The molecule has 1 aliphatic rings. The third-order valence-electron chi connectivity index (χ3n) is 3.90. The summed E-state index contributed by atoms with van der Waals surface area (Å²) in [6.45, 7) is 4.72. The van der Waals surface area contributed by atoms with Crippen LogP contribution in [-0.2, 0) is 0 Å². The molecule has 7 nitrogen and oxygen atoms in total. The van der Waals surface area contributed by atoms with Crippen molar-refractivity contribution < 1.29 is 14.3 Å². The van der Waals surface area contributed by atoms with Crippen molar-refractivity contribution in [2.75, 3.05) is 18.5 Å². The molecule has 1 aliphatic heterocycles. The van der Waals surface area contributed by atoms with E-state index in [1.165, 1.54) is 6.20 Å². The largest absolute Gasteiger partial charge is 0.486 e. The van der Waals surface area contributed by atoms with Crippen molar-refractivity contribution in [3.8, 4) is 11.5 Å². The van der Waals surface area contributed by atoms with E-state index in [2.05, 4.69) is 15.4 Å². The molecule has 3 aromatic rings. The van der Waals surface area contributed by atoms with Gasteiger partial charge in [0.2, 0.25) is 0 Å². The molecule has 8 heteroatoms. The highest BCUT2D eigenvalue weighted by atomic mass is 35.5. The van der Waals surface area contributed by atoms with Crippen molar-refractivity contribution in [3.05, 3.63) is 46.4 Å². The Labute approximate surface area is 148 Å². The summed E-state index contributed by atoms with van der Waals surface area (Å²) in [4.78, 5) is 17.1. The summed E-state index contributed by atoms with van der Waals surface area (Å²) in [6, 6.07) is 5.19. The number of hydrogen-bond acceptors (Lipinski definition) is 5. The van der Waals surface area contributed by atoms with Crippen LogP contribution in [0, 0.1) is 13.8 Å². The number of fused-ring (bicyclic) bond motifs is 2. The Morgan fingerprint density at radius 2 is 1.92 bits per heavy atom. The lowest BCUT2D eigenvalue weighted by atomic mass is 10.2. The number of benzene rings is 1. The molecule has 0 bridgehead atoms. The molecule has 2 aromatic heterocycles. The predicted molar refractivity (Wildman–Crippen MR) is 92.9 cm³/mol. The lowest BCUT2D eigenvalue weighted by Crippen LogP contribution is -2.17. The molecule has 128 valence electrons. The summed E-state index contributed by atoms with van der Waals surface area (Å²) in [6.07, 6.45) is 1.50. The van der Waals surface area contributed by atoms with Crippen LogP contribution in [-0.4, -0.2) is 33.7 Å². The van der Waals surface area contributed by atoms with Crippen molar-refractivity contribution >= 4 is 28.8 Å². The molecule has 3 heterocycles. The zero-order chi connectivity index (χ0) is 17.6. The molecule has 0 radical (unpaired) electrons. The van der Waals surface area contributed by atoms with Gasteiger partial charge in [-0.15, -0.1) is 0 Å². The van der Waals surface area contributed by atoms with Gasteiger partial charge in [-0.05, 0) is 19.9 Å². The first kappa shape index (κ1) is 15.7. The minimum Gasteiger partial charge on any atom is -0.486 e. The molecular formula is C17H15ClN4O3. The summed E-state index contributed by atoms with van der Waals surface area (Å²) in [5, 5.41) is 7.39. The average Bonchev–Trinajstić information content (AvgIpc) is 2.99. The fourth-order valence-corrected chi connectivity index (χ4v) is 2.98. The van der Waals surface area contributed by atoms with Crippen LogP contribution >= 0.6 is 11.6 Å². The van der Waals surface area contributed by atoms with Gasteiger partial charge in [-0.2, -0.15) is 5.10 Å². The van der Waals surface area contributed by atoms with Crippen LogP contribution in [0.15, 0.2) is 24.4 Å². The quantitative estimate of drug-likeness (QED) is 0.761. The second kappa shape index (κ2) is 5.93. The number of hydrogen-bond donors (Lipinski definition) is 1. The van der Waals surface area contributed by atoms with E-state index < -0.39 is 0 Å². The maximum absolute atomic E-state index is 12.7. The monoisotopic (exact) mass is 358 g/mol. The number of nitrogens with one attached hydrogen (secondary N) is 1. The molecule has 0 atom stereocenters. The summed E-state index contributed by atoms with van der Waals surface area (Å²) in [5.74, 6) is 0.778. The van der Waals surface area contributed by atoms with Gasteiger partial charge in [-0.1, -0.05) is 11.6 Å². The topological polar surface area (TPSA) is 77.8 Å². The fourth-order valence-electron chi connectivity index (χ4n) is 2.78. The minimum absolute atomic E-state index is 0.342. The number of amides is 1. The van der Waals surface area contributed by atoms with Crippen molar-refractivity contribution in [1.82, 2.24) is 14.6 Å². The molecule has 1 N–H and O–H groups in total. The third kappa shape index (κ3) is 2.76. The Kier molecular flexibility index (Phi) is 3.73. The molecule has 25 heavy (non-hydrogen) atoms. The SMILES string of the molecule is Cc1cc(C)n2ncc(C(=O)Nc3cc4c(cc3Cl)OCCO4)c2n1. The van der Waals surface area contributed by atoms with E-state index in [1.54, 1.807) is 16.6 Å². The van der Waals surface area contributed by atoms with Crippen molar-refractivity contribution in [2.45, 2.75) is 13.8 Å². The van der Waals surface area contributed by atoms with E-state index in [9.17, 15) is 4.79 Å². The average molecular weight is 359 g/mol. The number of halogens is 1. The molecule has 0 fully saturated rings. The number of carbonyl (C=O) groups excluding carboxylic acids is 1. The van der Waals surface area contributed by atoms with Crippen LogP contribution < -0.4 is 14.8 Å². The summed E-state index contributed by atoms with van der Waals surface area (Å²) in [7, 11) is 0. The normalized spacial score (nSPS) is 13.1. The highest BCUT2D eigenvalue weighted by Crippen LogP contribution is 2.38. The van der Waals surface area contributed by atoms with Gasteiger partial charge < -0.3 is 14.8 Å². The second-order valence-electron chi connectivity index (χ2n) is 5.76. The van der Waals surface area contributed by atoms with Crippen LogP contribution in [0.5, 0.6) is 11.5 Å². The van der Waals surface area contributed by atoms with E-state index in [-0.39, 0.29) is 5.91 Å². The van der Waals surface area contributed by atoms with E-state index in [4.69, 9.17) is 21.1 Å². The van der Waals surface area contributed by atoms with Crippen LogP contribution in [0.2, 0.25) is 5.02 Å². The molecule has 0 spiro atoms. The number of rotatable bonds is 2. The Morgan fingerprint density at radius 1 is 1.20 bits per heavy atom. The summed E-state index contributed by atoms with van der Waals surface area (Å²) < 4.78 is 12.6. The molecule has 0 saturated heterocycles. The van der Waals surface area contributed by atoms with Gasteiger partial charge in [-0.3, -0.25) is 4.79 Å². The van der Waals surface area contributed by atoms with E-state index in [0.717, 1.165) is 11.4 Å². The molecule has 0 unspecified atom stereocenters. The Hall–Kier alpha value is -2.80. The summed E-state index contributed by atoms with van der Waals surface area (Å²) >= 11 is 6.25. The maximum Gasteiger partial charge on any atom is 0.261 e. The van der Waals surface area contributed by atoms with Crippen molar-refractivity contribution in [1.29, 1.82) is 0 Å². The smallest absolute Gasteiger partial charge is 0.261 e. The summed E-state index contributed by atoms with van der Waals surface area (Å²) in [5.41, 5.74) is 3.04. The molecule has 4 rings (SSSR count). The lowest BCUT2D eigenvalue weighted by molar-refractivity contribution is 0.102. The van der Waals surface area contributed by atoms with Gasteiger partial charge in [0.05, 0.1) is 16.9 Å². The zero-order valence-corrected chi connectivity index (χ0v) is 14.4. The fraction of sp³-hybridized carbons (Fsp3) is 0.235. The first-order chi connectivity index (χ1) is 12.0. The van der Waals surface area contributed by atoms with Gasteiger partial charge in [0.1, 0.15) is 18.8 Å². The predicted octanol–water partition coefficient (Wildman–Crippen LogP) is 3.02. The molecule has 0 aliphatic carbocycles. The highest BCUT2D eigenvalue weighted by molar-refractivity contribution is 6.34. The van der Waals surface area contributed by atoms with Gasteiger partial charge in [0.25, 0.3) is 5.91 Å². The second-order valence-corrected chi connectivity index (χ2v) is 6.17. The van der Waals surface area contributed by atoms with Gasteiger partial charge >= 0.3 is 0 Å². The van der Waals surface area contributed by atoms with Gasteiger partial charge in [-0.25, -0.2) is 9.50 Å². The first-order valence-corrected chi connectivity index (χ1v) is 8.13. The molecule has 1 amide bonds. The number of carbonyl (C=O) groups is 1. The molecule has 0 saturated carbocycles. The first-order valence-electron chi connectivity index (χ1n) is 7.75. The van der Waals surface area contributed by atoms with Crippen LogP contribution in [0.3, 0.4) is 0 Å². The number of nitrogens with zero attached hydrogens (tertiary/aromatic N) is 3. The lowest BCUT2D eigenvalue weighted by Gasteiger charge is -2.19.